The minimum Gasteiger partial charge on any atom is -0.435 e. The number of aromatic nitrogens is 3. The van der Waals surface area contributed by atoms with Gasteiger partial charge < -0.3 is 8.83 Å². The lowest BCUT2D eigenvalue weighted by Gasteiger charge is -2.01. The topological polar surface area (TPSA) is 94.1 Å². The number of oxazole rings is 2. The van der Waals surface area contributed by atoms with Crippen LogP contribution < -0.4 is 5.32 Å². The maximum Gasteiger partial charge on any atom is 0.302 e. The van der Waals surface area contributed by atoms with E-state index in [0.29, 0.717) is 33.6 Å². The fourth-order valence-corrected chi connectivity index (χ4v) is 2.86. The Morgan fingerprint density at radius 1 is 1.07 bits per heavy atom. The van der Waals surface area contributed by atoms with Gasteiger partial charge in [-0.3, -0.25) is 15.1 Å². The quantitative estimate of drug-likeness (QED) is 0.528. The van der Waals surface area contributed by atoms with Crippen molar-refractivity contribution >= 4 is 23.5 Å². The van der Waals surface area contributed by atoms with Crippen LogP contribution in [0.25, 0.3) is 22.6 Å². The molecule has 4 rings (SSSR count). The zero-order valence-electron chi connectivity index (χ0n) is 15.1. The van der Waals surface area contributed by atoms with Crippen molar-refractivity contribution in [1.82, 2.24) is 15.0 Å². The second-order valence-electron chi connectivity index (χ2n) is 6.08. The van der Waals surface area contributed by atoms with Crippen LogP contribution in [0.4, 0.5) is 6.01 Å². The van der Waals surface area contributed by atoms with Crippen LogP contribution in [0.2, 0.25) is 5.02 Å². The number of aryl methyl sites for hydroxylation is 2. The Morgan fingerprint density at radius 3 is 2.61 bits per heavy atom. The first-order chi connectivity index (χ1) is 13.5. The molecule has 0 spiro atoms. The van der Waals surface area contributed by atoms with E-state index < -0.39 is 5.91 Å². The Balaban J connectivity index is 1.60. The van der Waals surface area contributed by atoms with Gasteiger partial charge in [-0.2, -0.15) is 4.98 Å². The molecule has 3 aromatic heterocycles. The number of benzene rings is 1. The molecule has 0 aliphatic rings. The second kappa shape index (κ2) is 7.28. The lowest BCUT2D eigenvalue weighted by Crippen LogP contribution is -2.12. The van der Waals surface area contributed by atoms with Gasteiger partial charge in [0.1, 0.15) is 17.7 Å². The fraction of sp³-hybridized carbons (Fsp3) is 0.100. The van der Waals surface area contributed by atoms with Gasteiger partial charge >= 0.3 is 6.01 Å². The van der Waals surface area contributed by atoms with Crippen molar-refractivity contribution in [3.8, 4) is 22.6 Å². The highest BCUT2D eigenvalue weighted by Gasteiger charge is 2.22. The fourth-order valence-electron chi connectivity index (χ4n) is 2.73. The number of anilines is 1. The molecule has 0 fully saturated rings. The van der Waals surface area contributed by atoms with Gasteiger partial charge in [0.15, 0.2) is 5.89 Å². The average Bonchev–Trinajstić information content (AvgIpc) is 3.29. The van der Waals surface area contributed by atoms with Gasteiger partial charge in [0.2, 0.25) is 5.76 Å². The number of amides is 1. The van der Waals surface area contributed by atoms with Crippen LogP contribution >= 0.6 is 11.6 Å². The molecule has 1 amide bonds. The van der Waals surface area contributed by atoms with Crippen molar-refractivity contribution < 1.29 is 13.6 Å². The third kappa shape index (κ3) is 3.52. The van der Waals surface area contributed by atoms with Crippen molar-refractivity contribution in [3.05, 3.63) is 71.1 Å². The summed E-state index contributed by atoms with van der Waals surface area (Å²) < 4.78 is 10.9. The largest absolute Gasteiger partial charge is 0.435 e. The molecule has 0 aliphatic carbocycles. The lowest BCUT2D eigenvalue weighted by atomic mass is 10.1. The number of nitrogens with zero attached hydrogens (tertiary/aromatic N) is 3. The van der Waals surface area contributed by atoms with Crippen LogP contribution in [0.5, 0.6) is 0 Å². The molecule has 1 aromatic carbocycles. The van der Waals surface area contributed by atoms with E-state index in [9.17, 15) is 4.79 Å². The molecule has 0 aliphatic heterocycles. The first kappa shape index (κ1) is 17.9. The Morgan fingerprint density at radius 2 is 1.86 bits per heavy atom. The number of halogens is 1. The lowest BCUT2D eigenvalue weighted by molar-refractivity contribution is 0.0993. The Labute approximate surface area is 165 Å². The maximum atomic E-state index is 12.7. The summed E-state index contributed by atoms with van der Waals surface area (Å²) in [7, 11) is 0. The van der Waals surface area contributed by atoms with E-state index in [1.807, 2.05) is 19.1 Å². The molecule has 8 heteroatoms. The number of hydrogen-bond donors (Lipinski definition) is 1. The summed E-state index contributed by atoms with van der Waals surface area (Å²) in [5.41, 5.74) is 3.29. The molecule has 0 radical (unpaired) electrons. The number of carbonyl (C=O) groups is 1. The van der Waals surface area contributed by atoms with E-state index in [-0.39, 0.29) is 11.8 Å². The highest BCUT2D eigenvalue weighted by molar-refractivity contribution is 6.30. The minimum atomic E-state index is -0.517. The van der Waals surface area contributed by atoms with Gasteiger partial charge in [-0.15, -0.1) is 0 Å². The summed E-state index contributed by atoms with van der Waals surface area (Å²) in [6.07, 6.45) is 3.11. The third-order valence-electron chi connectivity index (χ3n) is 4.03. The molecular formula is C20H15ClN4O3. The molecule has 140 valence electrons. The van der Waals surface area contributed by atoms with Gasteiger partial charge in [0, 0.05) is 23.7 Å². The van der Waals surface area contributed by atoms with Gasteiger partial charge in [0.05, 0.1) is 5.69 Å². The summed E-state index contributed by atoms with van der Waals surface area (Å²) >= 11 is 5.93. The second-order valence-corrected chi connectivity index (χ2v) is 6.51. The minimum absolute atomic E-state index is 0.0427. The number of nitrogens with one attached hydrogen (secondary N) is 1. The van der Waals surface area contributed by atoms with E-state index in [4.69, 9.17) is 20.4 Å². The molecule has 28 heavy (non-hydrogen) atoms. The molecule has 0 saturated heterocycles. The normalized spacial score (nSPS) is 10.8. The van der Waals surface area contributed by atoms with Crippen molar-refractivity contribution in [3.63, 3.8) is 0 Å². The van der Waals surface area contributed by atoms with Crippen molar-refractivity contribution in [2.75, 3.05) is 5.32 Å². The van der Waals surface area contributed by atoms with Crippen LogP contribution in [-0.4, -0.2) is 20.9 Å². The Bertz CT molecular complexity index is 1150. The summed E-state index contributed by atoms with van der Waals surface area (Å²) in [6, 6.07) is 10.8. The average molecular weight is 395 g/mol. The summed E-state index contributed by atoms with van der Waals surface area (Å²) in [4.78, 5) is 25.6. The van der Waals surface area contributed by atoms with Gasteiger partial charge in [-0.25, -0.2) is 4.98 Å². The number of hydrogen-bond acceptors (Lipinski definition) is 6. The van der Waals surface area contributed by atoms with Crippen LogP contribution in [0.15, 0.2) is 57.7 Å². The first-order valence-electron chi connectivity index (χ1n) is 8.43. The Kier molecular flexibility index (Phi) is 4.67. The standard InChI is InChI=1S/C20H15ClN4O3/c1-11-4-3-9-22-16(11)15-10-27-20(24-15)25-19(26)18-17(23-12(2)28-18)13-5-7-14(21)8-6-13/h3-10H,1-2H3,(H,24,25,26). The molecule has 0 bridgehead atoms. The highest BCUT2D eigenvalue weighted by atomic mass is 35.5. The zero-order chi connectivity index (χ0) is 19.7. The maximum absolute atomic E-state index is 12.7. The van der Waals surface area contributed by atoms with Crippen LogP contribution in [0.1, 0.15) is 22.0 Å². The van der Waals surface area contributed by atoms with E-state index in [2.05, 4.69) is 20.3 Å². The number of pyridine rings is 1. The number of rotatable bonds is 4. The first-order valence-corrected chi connectivity index (χ1v) is 8.81. The number of carbonyl (C=O) groups excluding carboxylic acids is 1. The molecule has 3 heterocycles. The smallest absolute Gasteiger partial charge is 0.302 e. The molecule has 0 unspecified atom stereocenters. The summed E-state index contributed by atoms with van der Waals surface area (Å²) in [5, 5.41) is 3.19. The summed E-state index contributed by atoms with van der Waals surface area (Å²) in [5.74, 6) is -0.0856. The van der Waals surface area contributed by atoms with Crippen LogP contribution in [0, 0.1) is 13.8 Å². The third-order valence-corrected chi connectivity index (χ3v) is 4.29. The SMILES string of the molecule is Cc1nc(-c2ccc(Cl)cc2)c(C(=O)Nc2nc(-c3ncccc3C)co2)o1. The van der Waals surface area contributed by atoms with Crippen molar-refractivity contribution in [2.24, 2.45) is 0 Å². The monoisotopic (exact) mass is 394 g/mol. The van der Waals surface area contributed by atoms with E-state index in [1.165, 1.54) is 6.26 Å². The van der Waals surface area contributed by atoms with E-state index in [1.54, 1.807) is 37.4 Å². The van der Waals surface area contributed by atoms with Gasteiger partial charge in [-0.1, -0.05) is 29.8 Å². The summed E-state index contributed by atoms with van der Waals surface area (Å²) in [6.45, 7) is 3.59. The van der Waals surface area contributed by atoms with Crippen molar-refractivity contribution in [2.45, 2.75) is 13.8 Å². The Hall–Kier alpha value is -3.45. The van der Waals surface area contributed by atoms with Crippen LogP contribution in [0.3, 0.4) is 0 Å². The van der Waals surface area contributed by atoms with Crippen molar-refractivity contribution in [1.29, 1.82) is 0 Å². The predicted molar refractivity (Wildman–Crippen MR) is 104 cm³/mol. The molecule has 0 saturated carbocycles. The van der Waals surface area contributed by atoms with E-state index in [0.717, 1.165) is 5.56 Å². The van der Waals surface area contributed by atoms with Crippen LogP contribution in [-0.2, 0) is 0 Å². The molecular weight excluding hydrogens is 380 g/mol. The zero-order valence-corrected chi connectivity index (χ0v) is 15.8. The molecule has 7 nitrogen and oxygen atoms in total. The van der Waals surface area contributed by atoms with Gasteiger partial charge in [0.25, 0.3) is 5.91 Å². The van der Waals surface area contributed by atoms with E-state index >= 15 is 0 Å². The molecule has 0 atom stereocenters. The molecule has 4 aromatic rings. The van der Waals surface area contributed by atoms with Gasteiger partial charge in [-0.05, 0) is 30.7 Å². The highest BCUT2D eigenvalue weighted by Crippen LogP contribution is 2.27. The molecule has 1 N–H and O–H groups in total. The predicted octanol–water partition coefficient (Wildman–Crippen LogP) is 4.91.